The molecule has 1 aromatic heterocycles. The van der Waals surface area contributed by atoms with Gasteiger partial charge in [0, 0.05) is 11.5 Å². The van der Waals surface area contributed by atoms with Crippen molar-refractivity contribution in [3.63, 3.8) is 0 Å². The zero-order valence-corrected chi connectivity index (χ0v) is 12.7. The Morgan fingerprint density at radius 2 is 1.76 bits per heavy atom. The predicted octanol–water partition coefficient (Wildman–Crippen LogP) is 1.63. The summed E-state index contributed by atoms with van der Waals surface area (Å²) in [7, 11) is 1.31. The number of anilines is 1. The van der Waals surface area contributed by atoms with Crippen LogP contribution in [0.3, 0.4) is 0 Å². The Bertz CT molecular complexity index is 809. The molecule has 0 aliphatic heterocycles. The van der Waals surface area contributed by atoms with Gasteiger partial charge in [-0.25, -0.2) is 9.97 Å². The molecule has 0 aliphatic rings. The van der Waals surface area contributed by atoms with Gasteiger partial charge in [0.25, 0.3) is 0 Å². The van der Waals surface area contributed by atoms with Gasteiger partial charge in [-0.2, -0.15) is 13.2 Å². The van der Waals surface area contributed by atoms with Crippen molar-refractivity contribution in [2.75, 3.05) is 25.1 Å². The van der Waals surface area contributed by atoms with Crippen LogP contribution in [0.2, 0.25) is 0 Å². The molecule has 0 bridgehead atoms. The Morgan fingerprint density at radius 1 is 1.16 bits per heavy atom. The largest absolute Gasteiger partial charge is 0.497 e. The lowest BCUT2D eigenvalue weighted by atomic mass is 10.2. The lowest BCUT2D eigenvalue weighted by molar-refractivity contribution is -0.144. The fourth-order valence-corrected chi connectivity index (χ4v) is 2.12. The highest BCUT2D eigenvalue weighted by Gasteiger charge is 2.36. The average Bonchev–Trinajstić information content (AvgIpc) is 2.50. The minimum atomic E-state index is -4.90. The van der Waals surface area contributed by atoms with E-state index in [0.717, 1.165) is 4.90 Å². The van der Waals surface area contributed by atoms with Gasteiger partial charge in [-0.1, -0.05) is 0 Å². The molecule has 0 radical (unpaired) electrons. The van der Waals surface area contributed by atoms with Crippen LogP contribution >= 0.6 is 0 Å². The van der Waals surface area contributed by atoms with Gasteiger partial charge in [-0.15, -0.1) is 0 Å². The van der Waals surface area contributed by atoms with Gasteiger partial charge in [0.2, 0.25) is 5.82 Å². The minimum Gasteiger partial charge on any atom is -0.497 e. The van der Waals surface area contributed by atoms with E-state index in [1.54, 1.807) is 0 Å². The average molecular weight is 359 g/mol. The second kappa shape index (κ2) is 6.79. The summed E-state index contributed by atoms with van der Waals surface area (Å²) in [5.74, 6) is -4.56. The smallest absolute Gasteiger partial charge is 0.451 e. The fourth-order valence-electron chi connectivity index (χ4n) is 2.12. The minimum absolute atomic E-state index is 0.0660. The van der Waals surface area contributed by atoms with Crippen molar-refractivity contribution in [2.45, 2.75) is 6.18 Å². The number of rotatable bonds is 6. The van der Waals surface area contributed by atoms with Crippen LogP contribution in [-0.4, -0.2) is 52.3 Å². The number of aliphatic carboxylic acids is 2. The van der Waals surface area contributed by atoms with Crippen molar-refractivity contribution in [2.24, 2.45) is 0 Å². The number of carboxylic acids is 2. The first-order chi connectivity index (χ1) is 11.6. The van der Waals surface area contributed by atoms with Crippen LogP contribution in [0.15, 0.2) is 18.2 Å². The Balaban J connectivity index is 2.73. The van der Waals surface area contributed by atoms with Gasteiger partial charge in [-0.3, -0.25) is 9.59 Å². The number of carboxylic acid groups (broad SMARTS) is 2. The molecule has 134 valence electrons. The molecule has 2 aromatic rings. The molecular formula is C14H12F3N3O5. The predicted molar refractivity (Wildman–Crippen MR) is 78.6 cm³/mol. The Labute approximate surface area is 138 Å². The van der Waals surface area contributed by atoms with Crippen molar-refractivity contribution >= 4 is 28.7 Å². The number of hydrogen-bond donors (Lipinski definition) is 2. The van der Waals surface area contributed by atoms with Crippen LogP contribution in [0, 0.1) is 0 Å². The monoisotopic (exact) mass is 359 g/mol. The molecule has 11 heteroatoms. The van der Waals surface area contributed by atoms with E-state index in [9.17, 15) is 22.8 Å². The zero-order valence-electron chi connectivity index (χ0n) is 12.7. The summed E-state index contributed by atoms with van der Waals surface area (Å²) in [6, 6.07) is 3.97. The Morgan fingerprint density at radius 3 is 2.24 bits per heavy atom. The molecule has 25 heavy (non-hydrogen) atoms. The maximum Gasteiger partial charge on any atom is 0.451 e. The van der Waals surface area contributed by atoms with E-state index >= 15 is 0 Å². The van der Waals surface area contributed by atoms with Gasteiger partial charge in [-0.05, 0) is 12.1 Å². The topological polar surface area (TPSA) is 113 Å². The number of alkyl halides is 3. The first-order valence-corrected chi connectivity index (χ1v) is 6.73. The van der Waals surface area contributed by atoms with E-state index < -0.39 is 42.8 Å². The highest BCUT2D eigenvalue weighted by Crippen LogP contribution is 2.33. The third-order valence-electron chi connectivity index (χ3n) is 3.09. The second-order valence-electron chi connectivity index (χ2n) is 4.90. The van der Waals surface area contributed by atoms with Crippen LogP contribution in [-0.2, 0) is 15.8 Å². The van der Waals surface area contributed by atoms with Gasteiger partial charge >= 0.3 is 18.1 Å². The van der Waals surface area contributed by atoms with Crippen LogP contribution < -0.4 is 9.64 Å². The van der Waals surface area contributed by atoms with Gasteiger partial charge in [0.1, 0.15) is 24.7 Å². The molecule has 0 amide bonds. The fraction of sp³-hybridized carbons (Fsp3) is 0.286. The van der Waals surface area contributed by atoms with E-state index in [1.807, 2.05) is 0 Å². The zero-order chi connectivity index (χ0) is 18.8. The van der Waals surface area contributed by atoms with Crippen molar-refractivity contribution in [3.05, 3.63) is 24.0 Å². The molecule has 0 atom stereocenters. The number of fused-ring (bicyclic) bond motifs is 1. The van der Waals surface area contributed by atoms with E-state index in [4.69, 9.17) is 14.9 Å². The third kappa shape index (κ3) is 4.25. The summed E-state index contributed by atoms with van der Waals surface area (Å²) in [5, 5.41) is 17.9. The molecule has 0 saturated heterocycles. The highest BCUT2D eigenvalue weighted by atomic mass is 19.4. The number of nitrogens with zero attached hydrogens (tertiary/aromatic N) is 3. The summed E-state index contributed by atoms with van der Waals surface area (Å²) in [6.07, 6.45) is -4.90. The summed E-state index contributed by atoms with van der Waals surface area (Å²) >= 11 is 0. The molecule has 0 saturated carbocycles. The maximum absolute atomic E-state index is 13.1. The number of hydrogen-bond acceptors (Lipinski definition) is 6. The molecule has 8 nitrogen and oxygen atoms in total. The molecule has 0 spiro atoms. The van der Waals surface area contributed by atoms with E-state index in [2.05, 4.69) is 9.97 Å². The molecule has 2 rings (SSSR count). The van der Waals surface area contributed by atoms with Crippen LogP contribution in [0.5, 0.6) is 5.75 Å². The molecule has 0 unspecified atom stereocenters. The first-order valence-electron chi connectivity index (χ1n) is 6.73. The molecule has 1 heterocycles. The van der Waals surface area contributed by atoms with Crippen molar-refractivity contribution in [1.82, 2.24) is 9.97 Å². The van der Waals surface area contributed by atoms with E-state index in [1.165, 1.54) is 25.3 Å². The number of methoxy groups -OCH3 is 1. The van der Waals surface area contributed by atoms with E-state index in [-0.39, 0.29) is 16.7 Å². The number of halogens is 3. The number of ether oxygens (including phenoxy) is 1. The van der Waals surface area contributed by atoms with Crippen molar-refractivity contribution in [1.29, 1.82) is 0 Å². The normalized spacial score (nSPS) is 11.4. The molecule has 0 fully saturated rings. The Kier molecular flexibility index (Phi) is 4.95. The van der Waals surface area contributed by atoms with Gasteiger partial charge in [0.05, 0.1) is 12.6 Å². The third-order valence-corrected chi connectivity index (χ3v) is 3.09. The molecular weight excluding hydrogens is 347 g/mol. The Hall–Kier alpha value is -3.11. The van der Waals surface area contributed by atoms with E-state index in [0.29, 0.717) is 0 Å². The first kappa shape index (κ1) is 18.2. The summed E-state index contributed by atoms with van der Waals surface area (Å²) in [6.45, 7) is -1.69. The summed E-state index contributed by atoms with van der Waals surface area (Å²) < 4.78 is 44.1. The summed E-state index contributed by atoms with van der Waals surface area (Å²) in [5.41, 5.74) is -0.155. The molecule has 2 N–H and O–H groups in total. The second-order valence-corrected chi connectivity index (χ2v) is 4.90. The maximum atomic E-state index is 13.1. The van der Waals surface area contributed by atoms with Crippen LogP contribution in [0.25, 0.3) is 10.9 Å². The number of carbonyl (C=O) groups is 2. The van der Waals surface area contributed by atoms with Crippen LogP contribution in [0.1, 0.15) is 5.82 Å². The number of benzene rings is 1. The standard InChI is InChI=1S/C14H12F3N3O5/c1-25-7-2-3-8-9(4-7)18-13(14(15,16)17)19-12(8)20(5-10(21)22)6-11(23)24/h2-4H,5-6H2,1H3,(H,21,22)(H,23,24). The van der Waals surface area contributed by atoms with Crippen LogP contribution in [0.4, 0.5) is 19.0 Å². The lowest BCUT2D eigenvalue weighted by Crippen LogP contribution is -2.35. The lowest BCUT2D eigenvalue weighted by Gasteiger charge is -2.22. The highest BCUT2D eigenvalue weighted by molar-refractivity contribution is 5.93. The van der Waals surface area contributed by atoms with Crippen molar-refractivity contribution < 1.29 is 37.7 Å². The van der Waals surface area contributed by atoms with Gasteiger partial charge in [0.15, 0.2) is 0 Å². The summed E-state index contributed by atoms with van der Waals surface area (Å²) in [4.78, 5) is 29.4. The SMILES string of the molecule is COc1ccc2c(N(CC(=O)O)CC(=O)O)nc(C(F)(F)F)nc2c1. The van der Waals surface area contributed by atoms with Crippen molar-refractivity contribution in [3.8, 4) is 5.75 Å². The molecule has 0 aliphatic carbocycles. The van der Waals surface area contributed by atoms with Gasteiger partial charge < -0.3 is 19.8 Å². The number of aromatic nitrogens is 2. The molecule has 1 aromatic carbocycles. The quantitative estimate of drug-likeness (QED) is 0.800.